The second-order valence-electron chi connectivity index (χ2n) is 6.04. The van der Waals surface area contributed by atoms with E-state index in [-0.39, 0.29) is 5.92 Å². The van der Waals surface area contributed by atoms with Gasteiger partial charge in [0.15, 0.2) is 6.61 Å². The van der Waals surface area contributed by atoms with Crippen molar-refractivity contribution >= 4 is 29.5 Å². The molecule has 0 saturated carbocycles. The van der Waals surface area contributed by atoms with Gasteiger partial charge in [0, 0.05) is 11.6 Å². The summed E-state index contributed by atoms with van der Waals surface area (Å²) in [6.45, 7) is 5.76. The first-order chi connectivity index (χ1) is 11.8. The number of nitrogens with one attached hydrogen (secondary N) is 2. The molecule has 2 N–H and O–H groups in total. The lowest BCUT2D eigenvalue weighted by molar-refractivity contribution is -0.150. The maximum Gasteiger partial charge on any atom is 0.321 e. The first-order valence-corrected chi connectivity index (χ1v) is 8.72. The van der Waals surface area contributed by atoms with E-state index in [1.165, 1.54) is 0 Å². The van der Waals surface area contributed by atoms with E-state index in [2.05, 4.69) is 10.6 Å². The number of amides is 3. The number of carbonyl (C=O) groups is 3. The molecule has 7 heteroatoms. The van der Waals surface area contributed by atoms with Crippen molar-refractivity contribution in [1.29, 1.82) is 0 Å². The van der Waals surface area contributed by atoms with Crippen LogP contribution in [0, 0.1) is 5.92 Å². The molecule has 25 heavy (non-hydrogen) atoms. The highest BCUT2D eigenvalue weighted by Crippen LogP contribution is 2.27. The Bertz CT molecular complexity index is 587. The SMILES string of the molecule is CCCCNC(=O)NC(=O)COC(=O)[C@H](c1ccc(Cl)cc1)C(C)C. The van der Waals surface area contributed by atoms with Crippen LogP contribution in [-0.2, 0) is 14.3 Å². The Morgan fingerprint density at radius 2 is 1.80 bits per heavy atom. The fourth-order valence-electron chi connectivity index (χ4n) is 2.28. The Balaban J connectivity index is 2.53. The number of benzene rings is 1. The lowest BCUT2D eigenvalue weighted by Gasteiger charge is -2.19. The van der Waals surface area contributed by atoms with Crippen molar-refractivity contribution in [2.75, 3.05) is 13.2 Å². The topological polar surface area (TPSA) is 84.5 Å². The van der Waals surface area contributed by atoms with E-state index < -0.39 is 30.4 Å². The second-order valence-corrected chi connectivity index (χ2v) is 6.48. The van der Waals surface area contributed by atoms with Crippen LogP contribution < -0.4 is 10.6 Å². The molecule has 3 amide bonds. The van der Waals surface area contributed by atoms with Gasteiger partial charge in [-0.3, -0.25) is 14.9 Å². The minimum Gasteiger partial charge on any atom is -0.455 e. The summed E-state index contributed by atoms with van der Waals surface area (Å²) in [6, 6.07) is 6.33. The van der Waals surface area contributed by atoms with Crippen LogP contribution in [0.3, 0.4) is 0 Å². The van der Waals surface area contributed by atoms with E-state index in [0.717, 1.165) is 18.4 Å². The van der Waals surface area contributed by atoms with E-state index >= 15 is 0 Å². The summed E-state index contributed by atoms with van der Waals surface area (Å²) in [5.74, 6) is -1.71. The molecule has 0 spiro atoms. The second kappa shape index (κ2) is 10.7. The number of halogens is 1. The highest BCUT2D eigenvalue weighted by molar-refractivity contribution is 6.30. The summed E-state index contributed by atoms with van der Waals surface area (Å²) in [5, 5.41) is 5.25. The van der Waals surface area contributed by atoms with Crippen molar-refractivity contribution in [3.05, 3.63) is 34.9 Å². The van der Waals surface area contributed by atoms with Gasteiger partial charge in [0.2, 0.25) is 0 Å². The zero-order valence-electron chi connectivity index (χ0n) is 14.8. The molecule has 0 bridgehead atoms. The van der Waals surface area contributed by atoms with E-state index in [1.807, 2.05) is 20.8 Å². The average molecular weight is 369 g/mol. The number of ether oxygens (including phenoxy) is 1. The average Bonchev–Trinajstić information content (AvgIpc) is 2.55. The normalized spacial score (nSPS) is 11.7. The first kappa shape index (κ1) is 21.0. The molecule has 1 rings (SSSR count). The van der Waals surface area contributed by atoms with Gasteiger partial charge >= 0.3 is 12.0 Å². The number of hydrogen-bond donors (Lipinski definition) is 2. The van der Waals surface area contributed by atoms with Gasteiger partial charge in [-0.2, -0.15) is 0 Å². The highest BCUT2D eigenvalue weighted by atomic mass is 35.5. The summed E-state index contributed by atoms with van der Waals surface area (Å²) in [4.78, 5) is 35.5. The monoisotopic (exact) mass is 368 g/mol. The Morgan fingerprint density at radius 1 is 1.16 bits per heavy atom. The predicted molar refractivity (Wildman–Crippen MR) is 96.4 cm³/mol. The molecule has 1 atom stereocenters. The van der Waals surface area contributed by atoms with Crippen LogP contribution in [-0.4, -0.2) is 31.1 Å². The van der Waals surface area contributed by atoms with Crippen LogP contribution in [0.1, 0.15) is 45.1 Å². The Labute approximate surface area is 153 Å². The Kier molecular flexibility index (Phi) is 8.99. The van der Waals surface area contributed by atoms with Crippen LogP contribution in [0.25, 0.3) is 0 Å². The molecule has 0 unspecified atom stereocenters. The van der Waals surface area contributed by atoms with Crippen molar-refractivity contribution in [3.63, 3.8) is 0 Å². The van der Waals surface area contributed by atoms with Gasteiger partial charge in [-0.15, -0.1) is 0 Å². The number of carbonyl (C=O) groups excluding carboxylic acids is 3. The molecule has 0 saturated heterocycles. The standard InChI is InChI=1S/C18H25ClN2O4/c1-4-5-10-20-18(24)21-15(22)11-25-17(23)16(12(2)3)13-6-8-14(19)9-7-13/h6-9,12,16H,4-5,10-11H2,1-3H3,(H2,20,21,22,24)/t16-/m0/s1. The van der Waals surface area contributed by atoms with Gasteiger partial charge in [0.05, 0.1) is 5.92 Å². The first-order valence-electron chi connectivity index (χ1n) is 8.35. The number of hydrogen-bond acceptors (Lipinski definition) is 4. The predicted octanol–water partition coefficient (Wildman–Crippen LogP) is 3.25. The van der Waals surface area contributed by atoms with Crippen LogP contribution in [0.15, 0.2) is 24.3 Å². The molecule has 138 valence electrons. The van der Waals surface area contributed by atoms with Gasteiger partial charge in [-0.25, -0.2) is 4.79 Å². The number of imide groups is 1. The molecular formula is C18H25ClN2O4. The minimum atomic E-state index is -0.666. The molecule has 1 aromatic rings. The maximum absolute atomic E-state index is 12.3. The van der Waals surface area contributed by atoms with E-state index in [1.54, 1.807) is 24.3 Å². The third-order valence-corrected chi connectivity index (χ3v) is 3.82. The quantitative estimate of drug-likeness (QED) is 0.545. The summed E-state index contributed by atoms with van der Waals surface area (Å²) in [6.07, 6.45) is 1.76. The molecule has 0 fully saturated rings. The van der Waals surface area contributed by atoms with Crippen molar-refractivity contribution < 1.29 is 19.1 Å². The molecule has 0 aliphatic carbocycles. The van der Waals surface area contributed by atoms with Crippen LogP contribution in [0.4, 0.5) is 4.79 Å². The summed E-state index contributed by atoms with van der Waals surface area (Å²) < 4.78 is 5.07. The lowest BCUT2D eigenvalue weighted by Crippen LogP contribution is -2.42. The number of unbranched alkanes of at least 4 members (excludes halogenated alkanes) is 1. The van der Waals surface area contributed by atoms with E-state index in [9.17, 15) is 14.4 Å². The molecule has 0 radical (unpaired) electrons. The summed E-state index contributed by atoms with van der Waals surface area (Å²) in [5.41, 5.74) is 0.766. The van der Waals surface area contributed by atoms with Crippen molar-refractivity contribution in [1.82, 2.24) is 10.6 Å². The van der Waals surface area contributed by atoms with Crippen LogP contribution >= 0.6 is 11.6 Å². The Morgan fingerprint density at radius 3 is 2.36 bits per heavy atom. The molecule has 0 heterocycles. The van der Waals surface area contributed by atoms with Gasteiger partial charge in [-0.1, -0.05) is 50.9 Å². The third-order valence-electron chi connectivity index (χ3n) is 3.56. The lowest BCUT2D eigenvalue weighted by atomic mass is 9.88. The highest BCUT2D eigenvalue weighted by Gasteiger charge is 2.26. The largest absolute Gasteiger partial charge is 0.455 e. The zero-order chi connectivity index (χ0) is 18.8. The smallest absolute Gasteiger partial charge is 0.321 e. The fourth-order valence-corrected chi connectivity index (χ4v) is 2.40. The van der Waals surface area contributed by atoms with Crippen molar-refractivity contribution in [3.8, 4) is 0 Å². The van der Waals surface area contributed by atoms with Crippen LogP contribution in [0.2, 0.25) is 5.02 Å². The number of esters is 1. The van der Waals surface area contributed by atoms with E-state index in [4.69, 9.17) is 16.3 Å². The maximum atomic E-state index is 12.3. The molecule has 0 aliphatic heterocycles. The van der Waals surface area contributed by atoms with Gasteiger partial charge in [0.25, 0.3) is 5.91 Å². The molecule has 6 nitrogen and oxygen atoms in total. The number of urea groups is 1. The van der Waals surface area contributed by atoms with Crippen molar-refractivity contribution in [2.24, 2.45) is 5.92 Å². The summed E-state index contributed by atoms with van der Waals surface area (Å²) >= 11 is 5.87. The molecule has 0 aromatic heterocycles. The van der Waals surface area contributed by atoms with Gasteiger partial charge in [-0.05, 0) is 30.0 Å². The molecule has 0 aliphatic rings. The van der Waals surface area contributed by atoms with Gasteiger partial charge in [0.1, 0.15) is 0 Å². The van der Waals surface area contributed by atoms with Crippen LogP contribution in [0.5, 0.6) is 0 Å². The summed E-state index contributed by atoms with van der Waals surface area (Å²) in [7, 11) is 0. The van der Waals surface area contributed by atoms with Gasteiger partial charge < -0.3 is 10.1 Å². The number of rotatable bonds is 8. The molecule has 1 aromatic carbocycles. The van der Waals surface area contributed by atoms with E-state index in [0.29, 0.717) is 11.6 Å². The third kappa shape index (κ3) is 7.56. The fraction of sp³-hybridized carbons (Fsp3) is 0.500. The minimum absolute atomic E-state index is 0.0194. The van der Waals surface area contributed by atoms with Crippen molar-refractivity contribution in [2.45, 2.75) is 39.5 Å². The zero-order valence-corrected chi connectivity index (χ0v) is 15.6. The molecular weight excluding hydrogens is 344 g/mol. The Hall–Kier alpha value is -2.08.